The van der Waals surface area contributed by atoms with Gasteiger partial charge in [0, 0.05) is 32.6 Å². The molecule has 2 aliphatic heterocycles. The van der Waals surface area contributed by atoms with E-state index in [2.05, 4.69) is 26.9 Å². The molecule has 2 aliphatic rings. The van der Waals surface area contributed by atoms with Crippen LogP contribution in [0.15, 0.2) is 4.52 Å². The number of aromatic nitrogens is 2. The van der Waals surface area contributed by atoms with Crippen molar-refractivity contribution in [3.05, 3.63) is 11.7 Å². The van der Waals surface area contributed by atoms with Crippen molar-refractivity contribution in [1.29, 1.82) is 0 Å². The lowest BCUT2D eigenvalue weighted by Crippen LogP contribution is -2.52. The molecule has 0 spiro atoms. The lowest BCUT2D eigenvalue weighted by Gasteiger charge is -2.38. The fourth-order valence-corrected chi connectivity index (χ4v) is 2.89. The zero-order valence-electron chi connectivity index (χ0n) is 11.9. The Hall–Kier alpha value is -1.47. The van der Waals surface area contributed by atoms with Crippen molar-refractivity contribution in [2.45, 2.75) is 32.4 Å². The molecule has 2 fully saturated rings. The van der Waals surface area contributed by atoms with E-state index in [1.165, 1.54) is 0 Å². The van der Waals surface area contributed by atoms with Gasteiger partial charge in [-0.15, -0.1) is 0 Å². The number of esters is 1. The summed E-state index contributed by atoms with van der Waals surface area (Å²) in [6, 6.07) is 0.0759. The Morgan fingerprint density at radius 3 is 2.60 bits per heavy atom. The van der Waals surface area contributed by atoms with Crippen LogP contribution in [-0.4, -0.2) is 64.7 Å². The Morgan fingerprint density at radius 1 is 1.30 bits per heavy atom. The molecule has 0 saturated carbocycles. The number of cyclic esters (lactones) is 1. The molecule has 2 saturated heterocycles. The minimum atomic E-state index is -0.0703. The van der Waals surface area contributed by atoms with E-state index in [0.717, 1.165) is 32.6 Å². The number of nitrogens with zero attached hydrogens (tertiary/aromatic N) is 4. The van der Waals surface area contributed by atoms with Crippen LogP contribution in [0.5, 0.6) is 0 Å². The maximum atomic E-state index is 11.6. The van der Waals surface area contributed by atoms with E-state index in [4.69, 9.17) is 9.26 Å². The number of carbonyl (C=O) groups excluding carboxylic acids is 1. The number of rotatable bonds is 3. The molecule has 0 bridgehead atoms. The summed E-state index contributed by atoms with van der Waals surface area (Å²) in [4.78, 5) is 20.4. The molecule has 0 radical (unpaired) electrons. The van der Waals surface area contributed by atoms with E-state index in [-0.39, 0.29) is 18.1 Å². The first-order chi connectivity index (χ1) is 9.65. The van der Waals surface area contributed by atoms with E-state index >= 15 is 0 Å². The molecular formula is C13H20N4O3. The summed E-state index contributed by atoms with van der Waals surface area (Å²) in [5, 5.41) is 3.84. The van der Waals surface area contributed by atoms with Gasteiger partial charge in [0.05, 0.1) is 12.6 Å². The van der Waals surface area contributed by atoms with Gasteiger partial charge in [0.1, 0.15) is 6.04 Å². The monoisotopic (exact) mass is 280 g/mol. The number of piperazine rings is 1. The van der Waals surface area contributed by atoms with Crippen LogP contribution in [0, 0.1) is 6.92 Å². The SMILES string of the molecule is Cc1noc([C@@H](C)N2CCN([C@@H]3CCOC3=O)CC2)n1. The molecule has 0 N–H and O–H groups in total. The summed E-state index contributed by atoms with van der Waals surface area (Å²) >= 11 is 0. The molecule has 1 aromatic heterocycles. The molecule has 2 atom stereocenters. The van der Waals surface area contributed by atoms with Gasteiger partial charge in [-0.1, -0.05) is 5.16 Å². The van der Waals surface area contributed by atoms with Crippen LogP contribution in [0.25, 0.3) is 0 Å². The van der Waals surface area contributed by atoms with Crippen molar-refractivity contribution in [2.75, 3.05) is 32.8 Å². The summed E-state index contributed by atoms with van der Waals surface area (Å²) in [5.41, 5.74) is 0. The Labute approximate surface area is 117 Å². The zero-order chi connectivity index (χ0) is 14.1. The third kappa shape index (κ3) is 2.55. The predicted molar refractivity (Wildman–Crippen MR) is 70.0 cm³/mol. The largest absolute Gasteiger partial charge is 0.464 e. The highest BCUT2D eigenvalue weighted by Gasteiger charge is 2.35. The Balaban J connectivity index is 1.57. The van der Waals surface area contributed by atoms with Gasteiger partial charge in [-0.25, -0.2) is 0 Å². The molecule has 7 nitrogen and oxygen atoms in total. The van der Waals surface area contributed by atoms with Gasteiger partial charge >= 0.3 is 5.97 Å². The van der Waals surface area contributed by atoms with Crippen molar-refractivity contribution in [3.8, 4) is 0 Å². The highest BCUT2D eigenvalue weighted by atomic mass is 16.5. The van der Waals surface area contributed by atoms with Crippen LogP contribution in [0.2, 0.25) is 0 Å². The summed E-state index contributed by atoms with van der Waals surface area (Å²) in [6.07, 6.45) is 0.817. The van der Waals surface area contributed by atoms with Gasteiger partial charge in [-0.2, -0.15) is 4.98 Å². The zero-order valence-corrected chi connectivity index (χ0v) is 11.9. The van der Waals surface area contributed by atoms with Crippen LogP contribution in [0.4, 0.5) is 0 Å². The van der Waals surface area contributed by atoms with Gasteiger partial charge in [-0.05, 0) is 13.8 Å². The highest BCUT2D eigenvalue weighted by molar-refractivity contribution is 5.77. The van der Waals surface area contributed by atoms with Gasteiger partial charge in [-0.3, -0.25) is 14.6 Å². The quantitative estimate of drug-likeness (QED) is 0.741. The second kappa shape index (κ2) is 5.49. The van der Waals surface area contributed by atoms with Crippen molar-refractivity contribution < 1.29 is 14.1 Å². The van der Waals surface area contributed by atoms with Crippen LogP contribution in [0.3, 0.4) is 0 Å². The number of aryl methyl sites for hydroxylation is 1. The summed E-state index contributed by atoms with van der Waals surface area (Å²) in [6.45, 7) is 7.99. The van der Waals surface area contributed by atoms with Crippen molar-refractivity contribution in [1.82, 2.24) is 19.9 Å². The standard InChI is InChI=1S/C13H20N4O3/c1-9(12-14-10(2)15-20-12)16-4-6-17(7-5-16)11-3-8-19-13(11)18/h9,11H,3-8H2,1-2H3/t9-,11-/m1/s1. The minimum Gasteiger partial charge on any atom is -0.464 e. The average molecular weight is 280 g/mol. The molecule has 0 aromatic carbocycles. The number of ether oxygens (including phenoxy) is 1. The first kappa shape index (κ1) is 13.5. The first-order valence-electron chi connectivity index (χ1n) is 7.10. The third-order valence-corrected chi connectivity index (χ3v) is 4.15. The van der Waals surface area contributed by atoms with E-state index in [9.17, 15) is 4.79 Å². The topological polar surface area (TPSA) is 71.7 Å². The molecule has 3 heterocycles. The summed E-state index contributed by atoms with van der Waals surface area (Å²) < 4.78 is 10.3. The highest BCUT2D eigenvalue weighted by Crippen LogP contribution is 2.22. The van der Waals surface area contributed by atoms with Crippen LogP contribution < -0.4 is 0 Å². The predicted octanol–water partition coefficient (Wildman–Crippen LogP) is 0.372. The normalized spacial score (nSPS) is 26.7. The second-order valence-corrected chi connectivity index (χ2v) is 5.40. The van der Waals surface area contributed by atoms with Crippen LogP contribution >= 0.6 is 0 Å². The molecule has 0 aliphatic carbocycles. The Kier molecular flexibility index (Phi) is 3.71. The van der Waals surface area contributed by atoms with Gasteiger partial charge in [0.2, 0.25) is 5.89 Å². The maximum absolute atomic E-state index is 11.6. The summed E-state index contributed by atoms with van der Waals surface area (Å²) in [5.74, 6) is 1.26. The third-order valence-electron chi connectivity index (χ3n) is 4.15. The van der Waals surface area contributed by atoms with Gasteiger partial charge in [0.25, 0.3) is 0 Å². The molecule has 1 aromatic rings. The molecular weight excluding hydrogens is 260 g/mol. The Bertz CT molecular complexity index is 482. The molecule has 3 rings (SSSR count). The lowest BCUT2D eigenvalue weighted by atomic mass is 10.1. The number of hydrogen-bond acceptors (Lipinski definition) is 7. The van der Waals surface area contributed by atoms with E-state index < -0.39 is 0 Å². The van der Waals surface area contributed by atoms with Crippen LogP contribution in [-0.2, 0) is 9.53 Å². The van der Waals surface area contributed by atoms with E-state index in [1.54, 1.807) is 0 Å². The van der Waals surface area contributed by atoms with Crippen LogP contribution in [0.1, 0.15) is 31.1 Å². The fourth-order valence-electron chi connectivity index (χ4n) is 2.89. The fraction of sp³-hybridized carbons (Fsp3) is 0.769. The molecule has 20 heavy (non-hydrogen) atoms. The van der Waals surface area contributed by atoms with Crippen molar-refractivity contribution in [3.63, 3.8) is 0 Å². The summed E-state index contributed by atoms with van der Waals surface area (Å²) in [7, 11) is 0. The number of hydrogen-bond donors (Lipinski definition) is 0. The van der Waals surface area contributed by atoms with Gasteiger partial charge in [0.15, 0.2) is 5.82 Å². The molecule has 7 heteroatoms. The van der Waals surface area contributed by atoms with Crippen molar-refractivity contribution >= 4 is 5.97 Å². The molecule has 0 amide bonds. The molecule has 110 valence electrons. The lowest BCUT2D eigenvalue weighted by molar-refractivity contribution is -0.143. The minimum absolute atomic E-state index is 0.0434. The average Bonchev–Trinajstić information content (AvgIpc) is 3.07. The second-order valence-electron chi connectivity index (χ2n) is 5.40. The maximum Gasteiger partial charge on any atom is 0.323 e. The van der Waals surface area contributed by atoms with Crippen molar-refractivity contribution in [2.24, 2.45) is 0 Å². The number of carbonyl (C=O) groups is 1. The first-order valence-corrected chi connectivity index (χ1v) is 7.10. The van der Waals surface area contributed by atoms with E-state index in [1.807, 2.05) is 6.92 Å². The molecule has 0 unspecified atom stereocenters. The Morgan fingerprint density at radius 2 is 2.05 bits per heavy atom. The van der Waals surface area contributed by atoms with Gasteiger partial charge < -0.3 is 9.26 Å². The van der Waals surface area contributed by atoms with E-state index in [0.29, 0.717) is 18.3 Å². The smallest absolute Gasteiger partial charge is 0.323 e.